The minimum absolute atomic E-state index is 0.617. The molecule has 1 rings (SSSR count). The third-order valence-electron chi connectivity index (χ3n) is 2.83. The Bertz CT molecular complexity index is 322. The van der Waals surface area contributed by atoms with E-state index in [2.05, 4.69) is 62.5 Å². The van der Waals surface area contributed by atoms with E-state index in [-0.39, 0.29) is 0 Å². The van der Waals surface area contributed by atoms with Crippen LogP contribution in [0.2, 0.25) is 0 Å². The number of hydrogen-bond acceptors (Lipinski definition) is 1. The van der Waals surface area contributed by atoms with Crippen LogP contribution in [-0.2, 0) is 0 Å². The van der Waals surface area contributed by atoms with Crippen molar-refractivity contribution in [3.05, 3.63) is 41.5 Å². The first-order chi connectivity index (χ1) is 8.24. The fourth-order valence-corrected chi connectivity index (χ4v) is 1.70. The Hall–Kier alpha value is -1.08. The Kier molecular flexibility index (Phi) is 6.64. The number of nitrogens with one attached hydrogen (secondary N) is 1. The van der Waals surface area contributed by atoms with Gasteiger partial charge in [-0.15, -0.1) is 0 Å². The van der Waals surface area contributed by atoms with Crippen LogP contribution in [0.3, 0.4) is 0 Å². The van der Waals surface area contributed by atoms with E-state index >= 15 is 0 Å². The Morgan fingerprint density at radius 2 is 1.82 bits per heavy atom. The summed E-state index contributed by atoms with van der Waals surface area (Å²) < 4.78 is 0. The molecule has 0 radical (unpaired) electrons. The van der Waals surface area contributed by atoms with Gasteiger partial charge in [-0.3, -0.25) is 0 Å². The molecule has 1 nitrogen and oxygen atoms in total. The molecule has 0 bridgehead atoms. The van der Waals surface area contributed by atoms with Crippen LogP contribution in [0, 0.1) is 0 Å². The van der Waals surface area contributed by atoms with Gasteiger partial charge in [0.1, 0.15) is 0 Å². The lowest BCUT2D eigenvalue weighted by atomic mass is 10.0. The third-order valence-corrected chi connectivity index (χ3v) is 2.83. The van der Waals surface area contributed by atoms with Crippen molar-refractivity contribution in [3.63, 3.8) is 0 Å². The molecular weight excluding hydrogens is 206 g/mol. The van der Waals surface area contributed by atoms with Crippen LogP contribution in [0.25, 0.3) is 6.08 Å². The van der Waals surface area contributed by atoms with Gasteiger partial charge in [-0.2, -0.15) is 0 Å². The summed E-state index contributed by atoms with van der Waals surface area (Å²) in [6.07, 6.45) is 6.76. The van der Waals surface area contributed by atoms with Gasteiger partial charge in [0.2, 0.25) is 0 Å². The molecule has 94 valence electrons. The van der Waals surface area contributed by atoms with E-state index in [4.69, 9.17) is 0 Å². The maximum atomic E-state index is 3.39. The molecule has 0 fully saturated rings. The van der Waals surface area contributed by atoms with Gasteiger partial charge < -0.3 is 5.32 Å². The van der Waals surface area contributed by atoms with Gasteiger partial charge >= 0.3 is 0 Å². The summed E-state index contributed by atoms with van der Waals surface area (Å²) in [6.45, 7) is 8.85. The molecule has 1 aromatic rings. The highest BCUT2D eigenvalue weighted by Gasteiger charge is 1.96. The Balaban J connectivity index is 2.33. The second-order valence-corrected chi connectivity index (χ2v) is 4.76. The topological polar surface area (TPSA) is 12.0 Å². The summed E-state index contributed by atoms with van der Waals surface area (Å²) in [7, 11) is 0. The molecule has 0 aromatic heterocycles. The van der Waals surface area contributed by atoms with E-state index in [0.29, 0.717) is 5.92 Å². The van der Waals surface area contributed by atoms with Crippen LogP contribution < -0.4 is 5.32 Å². The molecule has 0 heterocycles. The Morgan fingerprint density at radius 1 is 1.12 bits per heavy atom. The van der Waals surface area contributed by atoms with E-state index in [1.165, 1.54) is 17.5 Å². The second kappa shape index (κ2) is 8.08. The second-order valence-electron chi connectivity index (χ2n) is 4.76. The first-order valence-corrected chi connectivity index (χ1v) is 6.71. The standard InChI is InChI=1S/C16H25N/c1-4-12-17-13-6-5-7-15-8-10-16(11-9-15)14(2)3/h5,7-11,14,17H,4,6,12-13H2,1-3H3. The highest BCUT2D eigenvalue weighted by molar-refractivity contribution is 5.49. The Morgan fingerprint density at radius 3 is 2.41 bits per heavy atom. The molecule has 0 spiro atoms. The average molecular weight is 231 g/mol. The normalized spacial score (nSPS) is 11.5. The van der Waals surface area contributed by atoms with Gasteiger partial charge in [0, 0.05) is 0 Å². The van der Waals surface area contributed by atoms with E-state index in [9.17, 15) is 0 Å². The van der Waals surface area contributed by atoms with Crippen LogP contribution in [0.1, 0.15) is 50.7 Å². The summed E-state index contributed by atoms with van der Waals surface area (Å²) in [4.78, 5) is 0. The maximum absolute atomic E-state index is 3.39. The minimum Gasteiger partial charge on any atom is -0.316 e. The van der Waals surface area contributed by atoms with Gasteiger partial charge in [0.25, 0.3) is 0 Å². The molecule has 1 aromatic carbocycles. The molecule has 0 amide bonds. The van der Waals surface area contributed by atoms with Gasteiger partial charge in [0.15, 0.2) is 0 Å². The highest BCUT2D eigenvalue weighted by Crippen LogP contribution is 2.15. The summed E-state index contributed by atoms with van der Waals surface area (Å²) in [5.74, 6) is 0.617. The van der Waals surface area contributed by atoms with E-state index in [1.807, 2.05) is 0 Å². The lowest BCUT2D eigenvalue weighted by Gasteiger charge is -2.04. The average Bonchev–Trinajstić information content (AvgIpc) is 2.34. The van der Waals surface area contributed by atoms with Crippen LogP contribution in [-0.4, -0.2) is 13.1 Å². The summed E-state index contributed by atoms with van der Waals surface area (Å²) in [5, 5.41) is 3.39. The monoisotopic (exact) mass is 231 g/mol. The van der Waals surface area contributed by atoms with Crippen molar-refractivity contribution in [1.82, 2.24) is 5.32 Å². The van der Waals surface area contributed by atoms with Gasteiger partial charge in [-0.25, -0.2) is 0 Å². The molecule has 0 saturated carbocycles. The smallest absolute Gasteiger partial charge is 0.00142 e. The molecule has 1 heteroatoms. The van der Waals surface area contributed by atoms with Crippen LogP contribution in [0.15, 0.2) is 30.3 Å². The molecular formula is C16H25N. The van der Waals surface area contributed by atoms with Crippen molar-refractivity contribution in [2.75, 3.05) is 13.1 Å². The van der Waals surface area contributed by atoms with Crippen molar-refractivity contribution in [2.45, 2.75) is 39.5 Å². The van der Waals surface area contributed by atoms with Gasteiger partial charge in [0.05, 0.1) is 0 Å². The first-order valence-electron chi connectivity index (χ1n) is 6.71. The minimum atomic E-state index is 0.617. The fourth-order valence-electron chi connectivity index (χ4n) is 1.70. The van der Waals surface area contributed by atoms with E-state index in [1.54, 1.807) is 0 Å². The number of hydrogen-bond donors (Lipinski definition) is 1. The van der Waals surface area contributed by atoms with Crippen molar-refractivity contribution in [1.29, 1.82) is 0 Å². The largest absolute Gasteiger partial charge is 0.316 e. The van der Waals surface area contributed by atoms with Crippen molar-refractivity contribution >= 4 is 6.08 Å². The third kappa shape index (κ3) is 5.69. The zero-order valence-electron chi connectivity index (χ0n) is 11.4. The summed E-state index contributed by atoms with van der Waals surface area (Å²) in [6, 6.07) is 8.84. The molecule has 0 unspecified atom stereocenters. The lowest BCUT2D eigenvalue weighted by Crippen LogP contribution is -2.14. The number of rotatable bonds is 7. The molecule has 0 saturated heterocycles. The Labute approximate surface area is 106 Å². The summed E-state index contributed by atoms with van der Waals surface area (Å²) in [5.41, 5.74) is 2.71. The first kappa shape index (κ1) is 14.0. The predicted octanol–water partition coefficient (Wildman–Crippen LogP) is 4.21. The van der Waals surface area contributed by atoms with Crippen LogP contribution in [0.5, 0.6) is 0 Å². The van der Waals surface area contributed by atoms with Crippen LogP contribution in [0.4, 0.5) is 0 Å². The zero-order valence-corrected chi connectivity index (χ0v) is 11.4. The SMILES string of the molecule is CCCNCCC=Cc1ccc(C(C)C)cc1. The maximum Gasteiger partial charge on any atom is -0.00142 e. The molecule has 0 aliphatic rings. The van der Waals surface area contributed by atoms with Crippen LogP contribution >= 0.6 is 0 Å². The zero-order chi connectivity index (χ0) is 12.5. The highest BCUT2D eigenvalue weighted by atomic mass is 14.8. The summed E-state index contributed by atoms with van der Waals surface area (Å²) >= 11 is 0. The van der Waals surface area contributed by atoms with E-state index in [0.717, 1.165) is 19.5 Å². The molecule has 17 heavy (non-hydrogen) atoms. The number of benzene rings is 1. The molecule has 0 atom stereocenters. The van der Waals surface area contributed by atoms with E-state index < -0.39 is 0 Å². The molecule has 1 N–H and O–H groups in total. The quantitative estimate of drug-likeness (QED) is 0.693. The van der Waals surface area contributed by atoms with Gasteiger partial charge in [-0.1, -0.05) is 57.2 Å². The predicted molar refractivity (Wildman–Crippen MR) is 77.3 cm³/mol. The van der Waals surface area contributed by atoms with Crippen molar-refractivity contribution in [3.8, 4) is 0 Å². The van der Waals surface area contributed by atoms with Crippen molar-refractivity contribution in [2.24, 2.45) is 0 Å². The van der Waals surface area contributed by atoms with Gasteiger partial charge in [-0.05, 0) is 43.0 Å². The molecule has 0 aliphatic heterocycles. The molecule has 0 aliphatic carbocycles. The fraction of sp³-hybridized carbons (Fsp3) is 0.500. The van der Waals surface area contributed by atoms with Crippen molar-refractivity contribution < 1.29 is 0 Å². The lowest BCUT2D eigenvalue weighted by molar-refractivity contribution is 0.679.